The Morgan fingerprint density at radius 3 is 2.64 bits per heavy atom. The highest BCUT2D eigenvalue weighted by Gasteiger charge is 2.21. The number of nitrogens with one attached hydrogen (secondary N) is 2. The lowest BCUT2D eigenvalue weighted by atomic mass is 9.97. The van der Waals surface area contributed by atoms with Gasteiger partial charge in [0, 0.05) is 39.3 Å². The second kappa shape index (κ2) is 11.7. The zero-order chi connectivity index (χ0) is 17.9. The van der Waals surface area contributed by atoms with Crippen molar-refractivity contribution in [1.29, 1.82) is 0 Å². The number of likely N-dealkylation sites (tertiary alicyclic amines) is 1. The van der Waals surface area contributed by atoms with Crippen LogP contribution in [0.2, 0.25) is 0 Å². The maximum Gasteiger partial charge on any atom is 0.190 e. The Hall–Kier alpha value is -0.810. The molecule has 1 saturated carbocycles. The van der Waals surface area contributed by atoms with E-state index in [-0.39, 0.29) is 0 Å². The standard InChI is InChI=1S/C20H40N4O/c1-17(2)24-13-7-9-18(16-24)15-23-20(21-3)22-12-8-14-25-19-10-5-4-6-11-19/h17-19H,4-16H2,1-3H3,(H2,21,22,23). The first-order chi connectivity index (χ1) is 12.2. The summed E-state index contributed by atoms with van der Waals surface area (Å²) in [4.78, 5) is 6.95. The number of hydrogen-bond donors (Lipinski definition) is 2. The van der Waals surface area contributed by atoms with Crippen LogP contribution in [-0.2, 0) is 4.74 Å². The van der Waals surface area contributed by atoms with Crippen molar-refractivity contribution in [2.45, 2.75) is 77.4 Å². The molecule has 0 aromatic heterocycles. The summed E-state index contributed by atoms with van der Waals surface area (Å²) in [6.45, 7) is 9.85. The van der Waals surface area contributed by atoms with E-state index in [0.717, 1.165) is 38.0 Å². The molecule has 1 saturated heterocycles. The van der Waals surface area contributed by atoms with Crippen molar-refractivity contribution in [3.63, 3.8) is 0 Å². The molecule has 2 fully saturated rings. The Bertz CT molecular complexity index is 380. The van der Waals surface area contributed by atoms with Gasteiger partial charge in [0.25, 0.3) is 0 Å². The normalized spacial score (nSPS) is 23.8. The summed E-state index contributed by atoms with van der Waals surface area (Å²) in [6, 6.07) is 0.657. The van der Waals surface area contributed by atoms with E-state index in [2.05, 4.69) is 34.4 Å². The van der Waals surface area contributed by atoms with Crippen LogP contribution in [0.3, 0.4) is 0 Å². The van der Waals surface area contributed by atoms with Gasteiger partial charge in [0.2, 0.25) is 0 Å². The Balaban J connectivity index is 1.54. The van der Waals surface area contributed by atoms with Crippen LogP contribution in [0.4, 0.5) is 0 Å². The van der Waals surface area contributed by atoms with Gasteiger partial charge in [-0.3, -0.25) is 4.99 Å². The average molecular weight is 353 g/mol. The number of nitrogens with zero attached hydrogens (tertiary/aromatic N) is 2. The first kappa shape index (κ1) is 20.5. The first-order valence-corrected chi connectivity index (χ1v) is 10.5. The molecule has 0 spiro atoms. The fourth-order valence-corrected chi connectivity index (χ4v) is 3.96. The highest BCUT2D eigenvalue weighted by atomic mass is 16.5. The molecule has 2 N–H and O–H groups in total. The predicted molar refractivity (Wildman–Crippen MR) is 106 cm³/mol. The highest BCUT2D eigenvalue weighted by Crippen LogP contribution is 2.20. The number of guanidine groups is 1. The van der Waals surface area contributed by atoms with Gasteiger partial charge in [-0.25, -0.2) is 0 Å². The molecule has 2 aliphatic rings. The molecule has 0 bridgehead atoms. The summed E-state index contributed by atoms with van der Waals surface area (Å²) < 4.78 is 5.98. The molecule has 1 heterocycles. The molecule has 0 amide bonds. The maximum absolute atomic E-state index is 5.98. The monoisotopic (exact) mass is 352 g/mol. The lowest BCUT2D eigenvalue weighted by molar-refractivity contribution is 0.0277. The molecule has 1 aliphatic carbocycles. The molecular weight excluding hydrogens is 312 g/mol. The summed E-state index contributed by atoms with van der Waals surface area (Å²) in [6.07, 6.45) is 10.8. The van der Waals surface area contributed by atoms with Gasteiger partial charge in [-0.1, -0.05) is 19.3 Å². The van der Waals surface area contributed by atoms with Gasteiger partial charge in [-0.2, -0.15) is 0 Å². The molecule has 0 aromatic rings. The predicted octanol–water partition coefficient (Wildman–Crippen LogP) is 3.01. The van der Waals surface area contributed by atoms with Gasteiger partial charge >= 0.3 is 0 Å². The van der Waals surface area contributed by atoms with E-state index < -0.39 is 0 Å². The minimum Gasteiger partial charge on any atom is -0.378 e. The van der Waals surface area contributed by atoms with Crippen molar-refractivity contribution in [3.8, 4) is 0 Å². The molecule has 1 unspecified atom stereocenters. The van der Waals surface area contributed by atoms with Crippen LogP contribution in [-0.4, -0.2) is 62.8 Å². The molecule has 25 heavy (non-hydrogen) atoms. The van der Waals surface area contributed by atoms with Gasteiger partial charge in [-0.15, -0.1) is 0 Å². The zero-order valence-corrected chi connectivity index (χ0v) is 16.7. The van der Waals surface area contributed by atoms with Crippen LogP contribution in [0.1, 0.15) is 65.2 Å². The van der Waals surface area contributed by atoms with Crippen LogP contribution in [0.5, 0.6) is 0 Å². The summed E-state index contributed by atoms with van der Waals surface area (Å²) in [7, 11) is 1.86. The Labute approximate surface area is 155 Å². The van der Waals surface area contributed by atoms with Gasteiger partial charge in [-0.05, 0) is 58.4 Å². The second-order valence-electron chi connectivity index (χ2n) is 7.96. The minimum absolute atomic E-state index is 0.515. The molecule has 5 nitrogen and oxygen atoms in total. The van der Waals surface area contributed by atoms with Crippen LogP contribution < -0.4 is 10.6 Å². The van der Waals surface area contributed by atoms with Gasteiger partial charge in [0.05, 0.1) is 6.10 Å². The minimum atomic E-state index is 0.515. The molecule has 0 aromatic carbocycles. The molecular formula is C20H40N4O. The van der Waals surface area contributed by atoms with Crippen molar-refractivity contribution in [2.24, 2.45) is 10.9 Å². The van der Waals surface area contributed by atoms with Gasteiger partial charge in [0.15, 0.2) is 5.96 Å². The van der Waals surface area contributed by atoms with E-state index in [1.807, 2.05) is 7.05 Å². The summed E-state index contributed by atoms with van der Waals surface area (Å²) in [5.41, 5.74) is 0. The van der Waals surface area contributed by atoms with E-state index in [0.29, 0.717) is 12.1 Å². The SMILES string of the molecule is CN=C(NCCCOC1CCCCC1)NCC1CCCN(C(C)C)C1. The highest BCUT2D eigenvalue weighted by molar-refractivity contribution is 5.79. The smallest absolute Gasteiger partial charge is 0.190 e. The first-order valence-electron chi connectivity index (χ1n) is 10.5. The summed E-state index contributed by atoms with van der Waals surface area (Å²) in [5.74, 6) is 1.66. The van der Waals surface area contributed by atoms with Crippen LogP contribution in [0.15, 0.2) is 4.99 Å². The molecule has 1 aliphatic heterocycles. The number of ether oxygens (including phenoxy) is 1. The Kier molecular flexibility index (Phi) is 9.63. The van der Waals surface area contributed by atoms with Crippen molar-refractivity contribution < 1.29 is 4.74 Å². The Morgan fingerprint density at radius 1 is 1.12 bits per heavy atom. The third kappa shape index (κ3) is 7.95. The number of piperidine rings is 1. The van der Waals surface area contributed by atoms with E-state index in [1.165, 1.54) is 58.0 Å². The fraction of sp³-hybridized carbons (Fsp3) is 0.950. The van der Waals surface area contributed by atoms with Crippen molar-refractivity contribution in [1.82, 2.24) is 15.5 Å². The number of hydrogen-bond acceptors (Lipinski definition) is 3. The summed E-state index contributed by atoms with van der Waals surface area (Å²) in [5, 5.41) is 6.94. The largest absolute Gasteiger partial charge is 0.378 e. The molecule has 5 heteroatoms. The zero-order valence-electron chi connectivity index (χ0n) is 16.7. The van der Waals surface area contributed by atoms with Crippen LogP contribution in [0.25, 0.3) is 0 Å². The number of rotatable bonds is 8. The lowest BCUT2D eigenvalue weighted by Gasteiger charge is -2.35. The third-order valence-corrected chi connectivity index (χ3v) is 5.58. The van der Waals surface area contributed by atoms with Crippen LogP contribution in [0, 0.1) is 5.92 Å². The van der Waals surface area contributed by atoms with Gasteiger partial charge < -0.3 is 20.3 Å². The number of aliphatic imine (C=N–C) groups is 1. The van der Waals surface area contributed by atoms with E-state index in [4.69, 9.17) is 4.74 Å². The molecule has 2 rings (SSSR count). The maximum atomic E-state index is 5.98. The lowest BCUT2D eigenvalue weighted by Crippen LogP contribution is -2.46. The van der Waals surface area contributed by atoms with Gasteiger partial charge in [0.1, 0.15) is 0 Å². The van der Waals surface area contributed by atoms with Crippen molar-refractivity contribution in [2.75, 3.05) is 39.8 Å². The third-order valence-electron chi connectivity index (χ3n) is 5.58. The van der Waals surface area contributed by atoms with E-state index in [1.54, 1.807) is 0 Å². The quantitative estimate of drug-likeness (QED) is 0.400. The Morgan fingerprint density at radius 2 is 1.92 bits per heavy atom. The van der Waals surface area contributed by atoms with Crippen molar-refractivity contribution >= 4 is 5.96 Å². The second-order valence-corrected chi connectivity index (χ2v) is 7.96. The summed E-state index contributed by atoms with van der Waals surface area (Å²) >= 11 is 0. The molecule has 1 atom stereocenters. The van der Waals surface area contributed by atoms with Crippen LogP contribution >= 0.6 is 0 Å². The van der Waals surface area contributed by atoms with Crippen molar-refractivity contribution in [3.05, 3.63) is 0 Å². The topological polar surface area (TPSA) is 48.9 Å². The van der Waals surface area contributed by atoms with E-state index >= 15 is 0 Å². The van der Waals surface area contributed by atoms with E-state index in [9.17, 15) is 0 Å². The fourth-order valence-electron chi connectivity index (χ4n) is 3.96. The molecule has 146 valence electrons. The molecule has 0 radical (unpaired) electrons. The average Bonchev–Trinajstić information content (AvgIpc) is 2.65.